The molecule has 0 bridgehead atoms. The molecule has 2 fully saturated rings. The zero-order chi connectivity index (χ0) is 18.9. The molecule has 28 heavy (non-hydrogen) atoms. The van der Waals surface area contributed by atoms with E-state index >= 15 is 0 Å². The highest BCUT2D eigenvalue weighted by atomic mass is 32.1. The van der Waals surface area contributed by atoms with E-state index in [4.69, 9.17) is 16.6 Å². The first-order chi connectivity index (χ1) is 13.8. The Hall–Kier alpha value is -2.60. The second-order valence-electron chi connectivity index (χ2n) is 7.66. The van der Waals surface area contributed by atoms with Gasteiger partial charge in [-0.3, -0.25) is 4.98 Å². The molecule has 4 heterocycles. The number of aromatic nitrogens is 2. The van der Waals surface area contributed by atoms with E-state index in [9.17, 15) is 0 Å². The average molecular weight is 393 g/mol. The Labute approximate surface area is 170 Å². The second-order valence-corrected chi connectivity index (χ2v) is 8.05. The van der Waals surface area contributed by atoms with E-state index in [2.05, 4.69) is 44.3 Å². The van der Waals surface area contributed by atoms with Crippen molar-refractivity contribution in [1.82, 2.24) is 19.8 Å². The Balaban J connectivity index is 1.50. The third-order valence-corrected chi connectivity index (χ3v) is 6.28. The highest BCUT2D eigenvalue weighted by Gasteiger charge is 2.40. The van der Waals surface area contributed by atoms with Gasteiger partial charge in [-0.1, -0.05) is 18.9 Å². The quantitative estimate of drug-likeness (QED) is 0.634. The van der Waals surface area contributed by atoms with E-state index in [0.29, 0.717) is 12.6 Å². The highest BCUT2D eigenvalue weighted by molar-refractivity contribution is 7.80. The number of nitrogens with zero attached hydrogens (tertiary/aromatic N) is 3. The molecule has 1 saturated heterocycles. The van der Waals surface area contributed by atoms with Crippen LogP contribution in [0, 0.1) is 0 Å². The topological polar surface area (TPSA) is 46.2 Å². The Morgan fingerprint density at radius 3 is 2.79 bits per heavy atom. The van der Waals surface area contributed by atoms with Crippen LogP contribution in [0.25, 0.3) is 0 Å². The summed E-state index contributed by atoms with van der Waals surface area (Å²) >= 11 is 5.72. The van der Waals surface area contributed by atoms with Crippen molar-refractivity contribution in [3.63, 3.8) is 0 Å². The molecule has 0 unspecified atom stereocenters. The number of hydrogen-bond acceptors (Lipinski definition) is 3. The van der Waals surface area contributed by atoms with Gasteiger partial charge in [0, 0.05) is 24.6 Å². The molecular formula is C22H24N4OS. The van der Waals surface area contributed by atoms with Gasteiger partial charge in [0.1, 0.15) is 5.76 Å². The van der Waals surface area contributed by atoms with Crippen molar-refractivity contribution in [2.75, 3.05) is 0 Å². The fraction of sp³-hybridized carbons (Fsp3) is 0.364. The van der Waals surface area contributed by atoms with Gasteiger partial charge < -0.3 is 19.2 Å². The van der Waals surface area contributed by atoms with E-state index in [1.54, 1.807) is 6.26 Å². The van der Waals surface area contributed by atoms with Gasteiger partial charge in [0.25, 0.3) is 0 Å². The maximum absolute atomic E-state index is 5.72. The zero-order valence-corrected chi connectivity index (χ0v) is 16.5. The van der Waals surface area contributed by atoms with Gasteiger partial charge in [-0.15, -0.1) is 0 Å². The molecule has 1 aliphatic carbocycles. The molecule has 5 nitrogen and oxygen atoms in total. The van der Waals surface area contributed by atoms with Crippen LogP contribution in [0.15, 0.2) is 65.7 Å². The summed E-state index contributed by atoms with van der Waals surface area (Å²) < 4.78 is 8.00. The number of thiocarbonyl (C=S) groups is 1. The summed E-state index contributed by atoms with van der Waals surface area (Å²) in [7, 11) is 0. The molecular weight excluding hydrogens is 368 g/mol. The third kappa shape index (κ3) is 3.22. The van der Waals surface area contributed by atoms with Gasteiger partial charge in [-0.25, -0.2) is 0 Å². The van der Waals surface area contributed by atoms with Gasteiger partial charge >= 0.3 is 0 Å². The summed E-state index contributed by atoms with van der Waals surface area (Å²) in [6.45, 7) is 0.640. The highest BCUT2D eigenvalue weighted by Crippen LogP contribution is 2.40. The number of rotatable bonds is 5. The minimum atomic E-state index is 0.0168. The van der Waals surface area contributed by atoms with Crippen LogP contribution in [0.1, 0.15) is 60.8 Å². The maximum Gasteiger partial charge on any atom is 0.170 e. The smallest absolute Gasteiger partial charge is 0.170 e. The van der Waals surface area contributed by atoms with Crippen molar-refractivity contribution < 1.29 is 4.42 Å². The van der Waals surface area contributed by atoms with Crippen LogP contribution >= 0.6 is 12.2 Å². The zero-order valence-electron chi connectivity index (χ0n) is 15.7. The van der Waals surface area contributed by atoms with Crippen molar-refractivity contribution in [2.45, 2.75) is 50.4 Å². The van der Waals surface area contributed by atoms with Crippen LogP contribution in [0.3, 0.4) is 0 Å². The molecule has 5 rings (SSSR count). The van der Waals surface area contributed by atoms with Gasteiger partial charge in [0.2, 0.25) is 0 Å². The molecule has 0 amide bonds. The Morgan fingerprint density at radius 1 is 1.14 bits per heavy atom. The molecule has 3 aromatic rings. The average Bonchev–Trinajstić information content (AvgIpc) is 3.51. The van der Waals surface area contributed by atoms with Crippen molar-refractivity contribution >= 4 is 17.3 Å². The fourth-order valence-corrected chi connectivity index (χ4v) is 4.85. The molecule has 0 radical (unpaired) electrons. The molecule has 2 atom stereocenters. The first kappa shape index (κ1) is 17.5. The van der Waals surface area contributed by atoms with E-state index in [1.165, 1.54) is 31.2 Å². The Bertz CT molecular complexity index is 931. The van der Waals surface area contributed by atoms with E-state index in [1.807, 2.05) is 30.5 Å². The largest absolute Gasteiger partial charge is 0.467 e. The van der Waals surface area contributed by atoms with Crippen LogP contribution in [-0.2, 0) is 6.54 Å². The van der Waals surface area contributed by atoms with Crippen LogP contribution in [0.5, 0.6) is 0 Å². The van der Waals surface area contributed by atoms with Gasteiger partial charge in [0.05, 0.1) is 30.6 Å². The molecule has 0 aromatic carbocycles. The van der Waals surface area contributed by atoms with Gasteiger partial charge in [0.15, 0.2) is 5.11 Å². The lowest BCUT2D eigenvalue weighted by Gasteiger charge is -2.26. The van der Waals surface area contributed by atoms with Crippen LogP contribution in [-0.4, -0.2) is 19.6 Å². The summed E-state index contributed by atoms with van der Waals surface area (Å²) in [5.41, 5.74) is 2.27. The number of hydrogen-bond donors (Lipinski definition) is 1. The predicted molar refractivity (Wildman–Crippen MR) is 112 cm³/mol. The predicted octanol–water partition coefficient (Wildman–Crippen LogP) is 4.76. The summed E-state index contributed by atoms with van der Waals surface area (Å²) in [4.78, 5) is 6.83. The SMILES string of the molecule is S=C1N[C@@H](c2ccccn2)[C@@H](c2ccn(C3CCCC3)c2)N1Cc1ccco1. The first-order valence-electron chi connectivity index (χ1n) is 9.97. The molecule has 1 N–H and O–H groups in total. The Morgan fingerprint density at radius 2 is 2.04 bits per heavy atom. The third-order valence-electron chi connectivity index (χ3n) is 5.93. The molecule has 2 aliphatic rings. The van der Waals surface area contributed by atoms with E-state index in [0.717, 1.165) is 16.6 Å². The lowest BCUT2D eigenvalue weighted by atomic mass is 9.99. The minimum absolute atomic E-state index is 0.0168. The van der Waals surface area contributed by atoms with E-state index < -0.39 is 0 Å². The Kier molecular flexibility index (Phi) is 4.64. The van der Waals surface area contributed by atoms with Crippen molar-refractivity contribution in [1.29, 1.82) is 0 Å². The first-order valence-corrected chi connectivity index (χ1v) is 10.4. The molecule has 3 aromatic heterocycles. The van der Waals surface area contributed by atoms with Crippen LogP contribution in [0.4, 0.5) is 0 Å². The number of furan rings is 1. The normalized spacial score (nSPS) is 22.7. The number of nitrogens with one attached hydrogen (secondary N) is 1. The maximum atomic E-state index is 5.72. The monoisotopic (exact) mass is 392 g/mol. The lowest BCUT2D eigenvalue weighted by molar-refractivity contribution is 0.287. The summed E-state index contributed by atoms with van der Waals surface area (Å²) in [6, 6.07) is 12.9. The minimum Gasteiger partial charge on any atom is -0.467 e. The van der Waals surface area contributed by atoms with Crippen molar-refractivity contribution in [3.8, 4) is 0 Å². The van der Waals surface area contributed by atoms with Gasteiger partial charge in [-0.05, 0) is 61.0 Å². The molecule has 1 saturated carbocycles. The fourth-order valence-electron chi connectivity index (χ4n) is 4.54. The summed E-state index contributed by atoms with van der Waals surface area (Å²) in [5.74, 6) is 0.908. The van der Waals surface area contributed by atoms with Gasteiger partial charge in [-0.2, -0.15) is 0 Å². The van der Waals surface area contributed by atoms with Crippen molar-refractivity contribution in [2.24, 2.45) is 0 Å². The van der Waals surface area contributed by atoms with Crippen molar-refractivity contribution in [3.05, 3.63) is 78.3 Å². The number of pyridine rings is 1. The van der Waals surface area contributed by atoms with Crippen LogP contribution < -0.4 is 5.32 Å². The molecule has 144 valence electrons. The summed E-state index contributed by atoms with van der Waals surface area (Å²) in [5, 5.41) is 4.25. The molecule has 1 aliphatic heterocycles. The molecule has 6 heteroatoms. The lowest BCUT2D eigenvalue weighted by Crippen LogP contribution is -2.28. The second kappa shape index (κ2) is 7.43. The molecule has 0 spiro atoms. The van der Waals surface area contributed by atoms with Crippen LogP contribution in [0.2, 0.25) is 0 Å². The standard InChI is InChI=1S/C22H24N4OS/c28-22-24-20(19-9-3-4-11-23-19)21(26(22)15-18-8-5-13-27-18)16-10-12-25(14-16)17-6-1-2-7-17/h3-5,8-14,17,20-21H,1-2,6-7,15H2,(H,24,28)/t20-,21+/m0/s1. The van der Waals surface area contributed by atoms with E-state index in [-0.39, 0.29) is 12.1 Å². The summed E-state index contributed by atoms with van der Waals surface area (Å²) in [6.07, 6.45) is 13.3.